The van der Waals surface area contributed by atoms with Gasteiger partial charge in [0, 0.05) is 18.6 Å². The zero-order valence-corrected chi connectivity index (χ0v) is 11.4. The van der Waals surface area contributed by atoms with Gasteiger partial charge in [-0.3, -0.25) is 4.72 Å². The molecule has 0 aliphatic rings. The maximum Gasteiger partial charge on any atom is 0.301 e. The van der Waals surface area contributed by atoms with Gasteiger partial charge in [-0.25, -0.2) is 4.39 Å². The molecule has 0 amide bonds. The summed E-state index contributed by atoms with van der Waals surface area (Å²) in [6, 6.07) is 3.65. The molecule has 0 aliphatic carbocycles. The molecule has 0 aliphatic heterocycles. The Balaban J connectivity index is 2.85. The Bertz CT molecular complexity index is 510. The Labute approximate surface area is 111 Å². The van der Waals surface area contributed by atoms with Crippen LogP contribution in [0.3, 0.4) is 0 Å². The normalized spacial score (nSPS) is 11.8. The zero-order chi connectivity index (χ0) is 13.8. The zero-order valence-electron chi connectivity index (χ0n) is 9.86. The van der Waals surface area contributed by atoms with E-state index in [9.17, 15) is 12.8 Å². The molecule has 0 spiro atoms. The van der Waals surface area contributed by atoms with Gasteiger partial charge in [0.25, 0.3) is 0 Å². The Hall–Kier alpha value is -0.890. The summed E-state index contributed by atoms with van der Waals surface area (Å²) in [6.07, 6.45) is 0.523. The number of anilines is 1. The second-order valence-electron chi connectivity index (χ2n) is 3.70. The van der Waals surface area contributed by atoms with E-state index in [1.165, 1.54) is 19.2 Å². The van der Waals surface area contributed by atoms with Crippen molar-refractivity contribution in [1.29, 1.82) is 0 Å². The van der Waals surface area contributed by atoms with Gasteiger partial charge in [-0.05, 0) is 31.2 Å². The van der Waals surface area contributed by atoms with Crippen molar-refractivity contribution in [2.45, 2.75) is 6.42 Å². The van der Waals surface area contributed by atoms with Gasteiger partial charge in [-0.2, -0.15) is 12.7 Å². The summed E-state index contributed by atoms with van der Waals surface area (Å²) >= 11 is 5.68. The molecular formula is C10H15ClFN3O2S. The van der Waals surface area contributed by atoms with Crippen molar-refractivity contribution in [2.24, 2.45) is 5.73 Å². The first-order valence-corrected chi connectivity index (χ1v) is 7.08. The van der Waals surface area contributed by atoms with Crippen LogP contribution in [-0.4, -0.2) is 32.9 Å². The molecule has 1 aromatic rings. The van der Waals surface area contributed by atoms with Crippen LogP contribution in [-0.2, 0) is 10.2 Å². The smallest absolute Gasteiger partial charge is 0.301 e. The summed E-state index contributed by atoms with van der Waals surface area (Å²) in [7, 11) is -2.41. The molecule has 0 saturated carbocycles. The van der Waals surface area contributed by atoms with E-state index in [4.69, 9.17) is 17.3 Å². The van der Waals surface area contributed by atoms with E-state index in [2.05, 4.69) is 4.72 Å². The van der Waals surface area contributed by atoms with Crippen molar-refractivity contribution >= 4 is 27.5 Å². The number of benzene rings is 1. The van der Waals surface area contributed by atoms with Crippen LogP contribution < -0.4 is 10.5 Å². The van der Waals surface area contributed by atoms with Gasteiger partial charge in [0.2, 0.25) is 0 Å². The monoisotopic (exact) mass is 295 g/mol. The lowest BCUT2D eigenvalue weighted by atomic mass is 10.3. The maximum absolute atomic E-state index is 13.4. The minimum absolute atomic E-state index is 0.179. The number of nitrogens with two attached hydrogens (primary N) is 1. The molecule has 0 aromatic heterocycles. The topological polar surface area (TPSA) is 75.4 Å². The number of hydrogen-bond acceptors (Lipinski definition) is 3. The highest BCUT2D eigenvalue weighted by atomic mass is 35.5. The van der Waals surface area contributed by atoms with Gasteiger partial charge in [0.1, 0.15) is 5.82 Å². The van der Waals surface area contributed by atoms with Gasteiger partial charge >= 0.3 is 10.2 Å². The van der Waals surface area contributed by atoms with Crippen molar-refractivity contribution in [3.8, 4) is 0 Å². The van der Waals surface area contributed by atoms with Crippen LogP contribution in [0.4, 0.5) is 10.1 Å². The van der Waals surface area contributed by atoms with Gasteiger partial charge in [0.15, 0.2) is 0 Å². The molecular weight excluding hydrogens is 281 g/mol. The molecule has 0 atom stereocenters. The Morgan fingerprint density at radius 2 is 2.17 bits per heavy atom. The molecule has 0 bridgehead atoms. The van der Waals surface area contributed by atoms with Crippen LogP contribution in [0.5, 0.6) is 0 Å². The molecule has 3 N–H and O–H groups in total. The first-order valence-electron chi connectivity index (χ1n) is 5.26. The molecule has 0 fully saturated rings. The van der Waals surface area contributed by atoms with E-state index in [1.54, 1.807) is 0 Å². The lowest BCUT2D eigenvalue weighted by molar-refractivity contribution is 0.468. The van der Waals surface area contributed by atoms with Crippen molar-refractivity contribution in [2.75, 3.05) is 24.9 Å². The average Bonchev–Trinajstić information content (AvgIpc) is 2.30. The number of nitrogens with zero attached hydrogens (tertiary/aromatic N) is 1. The van der Waals surface area contributed by atoms with Crippen LogP contribution in [0.2, 0.25) is 5.02 Å². The standard InChI is InChI=1S/C10H15ClFN3O2S/c1-15(6-2-5-13)18(16,17)14-10-7-8(11)3-4-9(10)12/h3-4,7,14H,2,5-6,13H2,1H3. The largest absolute Gasteiger partial charge is 0.330 e. The maximum atomic E-state index is 13.4. The summed E-state index contributed by atoms with van der Waals surface area (Å²) in [5.74, 6) is -0.685. The van der Waals surface area contributed by atoms with E-state index in [0.717, 1.165) is 10.4 Å². The SMILES string of the molecule is CN(CCCN)S(=O)(=O)Nc1cc(Cl)ccc1F. The summed E-state index contributed by atoms with van der Waals surface area (Å²) in [5.41, 5.74) is 5.12. The van der Waals surface area contributed by atoms with Gasteiger partial charge < -0.3 is 5.73 Å². The second-order valence-corrected chi connectivity index (χ2v) is 5.91. The summed E-state index contributed by atoms with van der Waals surface area (Å²) < 4.78 is 40.3. The van der Waals surface area contributed by atoms with Crippen LogP contribution in [0.15, 0.2) is 18.2 Å². The number of hydrogen-bond donors (Lipinski definition) is 2. The molecule has 102 valence electrons. The predicted octanol–water partition coefficient (Wildman–Crippen LogP) is 1.42. The lowest BCUT2D eigenvalue weighted by Crippen LogP contribution is -2.34. The second kappa shape index (κ2) is 6.33. The molecule has 5 nitrogen and oxygen atoms in total. The van der Waals surface area contributed by atoms with Gasteiger partial charge in [-0.1, -0.05) is 11.6 Å². The molecule has 0 saturated heterocycles. The van der Waals surface area contributed by atoms with E-state index in [-0.39, 0.29) is 17.3 Å². The van der Waals surface area contributed by atoms with Gasteiger partial charge in [0.05, 0.1) is 5.69 Å². The highest BCUT2D eigenvalue weighted by Crippen LogP contribution is 2.21. The van der Waals surface area contributed by atoms with E-state index in [0.29, 0.717) is 13.0 Å². The number of halogens is 2. The minimum Gasteiger partial charge on any atom is -0.330 e. The molecule has 18 heavy (non-hydrogen) atoms. The van der Waals surface area contributed by atoms with Crippen molar-refractivity contribution in [3.05, 3.63) is 29.0 Å². The molecule has 8 heteroatoms. The molecule has 1 rings (SSSR count). The van der Waals surface area contributed by atoms with E-state index >= 15 is 0 Å². The van der Waals surface area contributed by atoms with Crippen LogP contribution in [0, 0.1) is 5.82 Å². The molecule has 0 unspecified atom stereocenters. The van der Waals surface area contributed by atoms with Crippen molar-refractivity contribution in [1.82, 2.24) is 4.31 Å². The summed E-state index contributed by atoms with van der Waals surface area (Å²) in [4.78, 5) is 0. The first-order chi connectivity index (χ1) is 8.36. The van der Waals surface area contributed by atoms with Crippen molar-refractivity contribution < 1.29 is 12.8 Å². The van der Waals surface area contributed by atoms with Gasteiger partial charge in [-0.15, -0.1) is 0 Å². The lowest BCUT2D eigenvalue weighted by Gasteiger charge is -2.18. The quantitative estimate of drug-likeness (QED) is 0.833. The molecule has 0 radical (unpaired) electrons. The fourth-order valence-electron chi connectivity index (χ4n) is 1.23. The third kappa shape index (κ3) is 4.09. The molecule has 1 aromatic carbocycles. The first kappa shape index (κ1) is 15.2. The highest BCUT2D eigenvalue weighted by Gasteiger charge is 2.18. The fourth-order valence-corrected chi connectivity index (χ4v) is 2.36. The third-order valence-electron chi connectivity index (χ3n) is 2.25. The van der Waals surface area contributed by atoms with E-state index < -0.39 is 16.0 Å². The Morgan fingerprint density at radius 1 is 1.50 bits per heavy atom. The number of nitrogens with one attached hydrogen (secondary N) is 1. The highest BCUT2D eigenvalue weighted by molar-refractivity contribution is 7.90. The van der Waals surface area contributed by atoms with E-state index in [1.807, 2.05) is 0 Å². The van der Waals surface area contributed by atoms with Crippen LogP contribution >= 0.6 is 11.6 Å². The van der Waals surface area contributed by atoms with Crippen molar-refractivity contribution in [3.63, 3.8) is 0 Å². The Morgan fingerprint density at radius 3 is 2.78 bits per heavy atom. The summed E-state index contributed by atoms with van der Waals surface area (Å²) in [6.45, 7) is 0.638. The Kier molecular flexibility index (Phi) is 5.33. The summed E-state index contributed by atoms with van der Waals surface area (Å²) in [5, 5.41) is 0.249. The third-order valence-corrected chi connectivity index (χ3v) is 3.97. The molecule has 0 heterocycles. The number of rotatable bonds is 6. The van der Waals surface area contributed by atoms with Crippen LogP contribution in [0.1, 0.15) is 6.42 Å². The predicted molar refractivity (Wildman–Crippen MR) is 70.3 cm³/mol. The average molecular weight is 296 g/mol. The van der Waals surface area contributed by atoms with Crippen LogP contribution in [0.25, 0.3) is 0 Å². The minimum atomic E-state index is -3.80. The fraction of sp³-hybridized carbons (Fsp3) is 0.400.